The van der Waals surface area contributed by atoms with Crippen molar-refractivity contribution in [2.75, 3.05) is 0 Å². The Morgan fingerprint density at radius 2 is 0.756 bits per heavy atom. The first-order valence-corrected chi connectivity index (χ1v) is 13.9. The zero-order chi connectivity index (χ0) is 35.0. The molecule has 0 aromatic heterocycles. The van der Waals surface area contributed by atoms with Gasteiger partial charge in [-0.05, 0) is 49.7 Å². The van der Waals surface area contributed by atoms with Crippen molar-refractivity contribution in [1.82, 2.24) is 0 Å². The molecule has 15 heteroatoms. The first-order valence-electron chi connectivity index (χ1n) is 13.9. The molecule has 0 heterocycles. The van der Waals surface area contributed by atoms with Crippen LogP contribution in [-0.4, -0.2) is 31.6 Å². The van der Waals surface area contributed by atoms with Gasteiger partial charge in [-0.2, -0.15) is 0 Å². The summed E-state index contributed by atoms with van der Waals surface area (Å²) in [6.07, 6.45) is -1.08. The van der Waals surface area contributed by atoms with Crippen LogP contribution < -0.4 is 0 Å². The maximum absolute atomic E-state index is 13.3. The summed E-state index contributed by atoms with van der Waals surface area (Å²) >= 11 is 0. The fourth-order valence-electron chi connectivity index (χ4n) is 4.55. The molecule has 2 aromatic carbocycles. The van der Waals surface area contributed by atoms with Gasteiger partial charge in [0.05, 0.1) is 30.5 Å². The van der Waals surface area contributed by atoms with E-state index in [1.54, 1.807) is 41.5 Å². The number of hydrogen-bond donors (Lipinski definition) is 0. The Balaban J connectivity index is 2.50. The normalized spacial score (nSPS) is 12.4. The monoisotopic (exact) mass is 630 g/mol. The molecule has 2 aromatic rings. The van der Waals surface area contributed by atoms with Crippen LogP contribution in [0.2, 0.25) is 0 Å². The maximum atomic E-state index is 13.3. The number of rotatable bonds is 10. The van der Waals surface area contributed by atoms with Gasteiger partial charge in [0.25, 0.3) is 22.7 Å². The van der Waals surface area contributed by atoms with Crippen LogP contribution in [0.25, 0.3) is 0 Å². The van der Waals surface area contributed by atoms with Gasteiger partial charge in [0.2, 0.25) is 0 Å². The molecule has 244 valence electrons. The smallest absolute Gasteiger partial charge is 0.319 e. The zero-order valence-electron chi connectivity index (χ0n) is 27.0. The number of hydrogen-bond acceptors (Lipinski definition) is 11. The highest BCUT2D eigenvalue weighted by molar-refractivity contribution is 5.91. The second-order valence-corrected chi connectivity index (χ2v) is 14.3. The standard InChI is InChI=1S/C30H38N4O11/c1-27(2,3)17-11-21(31(37)38)19(22(12-17)32(39)40)15-29(7,8)25(35)45-26(36)30(9,10)16-20-23(33(41)42)13-18(28(4,5)6)14-24(20)34(43)44/h11-14H,15-16H2,1-10H3. The van der Waals surface area contributed by atoms with E-state index in [1.165, 1.54) is 52.0 Å². The number of carbonyl (C=O) groups is 2. The van der Waals surface area contributed by atoms with Gasteiger partial charge in [0, 0.05) is 37.1 Å². The van der Waals surface area contributed by atoms with E-state index in [2.05, 4.69) is 0 Å². The molecule has 0 spiro atoms. The minimum Gasteiger partial charge on any atom is -0.392 e. The fraction of sp³-hybridized carbons (Fsp3) is 0.533. The van der Waals surface area contributed by atoms with Crippen molar-refractivity contribution in [3.63, 3.8) is 0 Å². The van der Waals surface area contributed by atoms with Crippen molar-refractivity contribution >= 4 is 34.7 Å². The largest absolute Gasteiger partial charge is 0.392 e. The molecule has 0 unspecified atom stereocenters. The lowest BCUT2D eigenvalue weighted by molar-refractivity contribution is -0.396. The van der Waals surface area contributed by atoms with Gasteiger partial charge in [0.15, 0.2) is 0 Å². The quantitative estimate of drug-likeness (QED) is 0.115. The Labute approximate surface area is 259 Å². The van der Waals surface area contributed by atoms with Crippen molar-refractivity contribution in [3.8, 4) is 0 Å². The van der Waals surface area contributed by atoms with Gasteiger partial charge in [0.1, 0.15) is 11.1 Å². The number of esters is 2. The summed E-state index contributed by atoms with van der Waals surface area (Å²) in [4.78, 5) is 71.3. The Bertz CT molecular complexity index is 1410. The van der Waals surface area contributed by atoms with E-state index in [-0.39, 0.29) is 11.1 Å². The summed E-state index contributed by atoms with van der Waals surface area (Å²) in [6, 6.07) is 4.84. The summed E-state index contributed by atoms with van der Waals surface area (Å²) < 4.78 is 5.12. The average Bonchev–Trinajstić information content (AvgIpc) is 2.86. The molecular weight excluding hydrogens is 592 g/mol. The van der Waals surface area contributed by atoms with Gasteiger partial charge < -0.3 is 4.74 Å². The van der Waals surface area contributed by atoms with E-state index < -0.39 is 88.9 Å². The van der Waals surface area contributed by atoms with Crippen LogP contribution in [0.4, 0.5) is 22.7 Å². The van der Waals surface area contributed by atoms with Gasteiger partial charge in [-0.1, -0.05) is 41.5 Å². The first-order chi connectivity index (χ1) is 20.2. The maximum Gasteiger partial charge on any atom is 0.319 e. The molecule has 0 saturated carbocycles. The second-order valence-electron chi connectivity index (χ2n) is 14.3. The molecule has 0 fully saturated rings. The van der Waals surface area contributed by atoms with Crippen LogP contribution in [-0.2, 0) is 38.0 Å². The predicted octanol–water partition coefficient (Wildman–Crippen LogP) is 6.82. The lowest BCUT2D eigenvalue weighted by Crippen LogP contribution is -2.37. The van der Waals surface area contributed by atoms with E-state index in [0.29, 0.717) is 11.1 Å². The van der Waals surface area contributed by atoms with Crippen LogP contribution in [0.3, 0.4) is 0 Å². The van der Waals surface area contributed by atoms with E-state index in [0.717, 1.165) is 0 Å². The summed E-state index contributed by atoms with van der Waals surface area (Å²) in [7, 11) is 0. The number of benzene rings is 2. The minimum atomic E-state index is -1.70. The minimum absolute atomic E-state index is 0.334. The van der Waals surface area contributed by atoms with E-state index in [4.69, 9.17) is 4.74 Å². The molecule has 45 heavy (non-hydrogen) atoms. The highest BCUT2D eigenvalue weighted by Crippen LogP contribution is 2.41. The summed E-state index contributed by atoms with van der Waals surface area (Å²) in [5, 5.41) is 47.8. The summed E-state index contributed by atoms with van der Waals surface area (Å²) in [5.74, 6) is -2.34. The molecule has 0 aliphatic rings. The number of nitrogens with zero attached hydrogens (tertiary/aromatic N) is 4. The van der Waals surface area contributed by atoms with Gasteiger partial charge in [-0.25, -0.2) is 0 Å². The molecule has 0 atom stereocenters. The molecule has 0 radical (unpaired) electrons. The van der Waals surface area contributed by atoms with E-state index >= 15 is 0 Å². The molecular formula is C30H38N4O11. The second kappa shape index (κ2) is 12.3. The molecule has 15 nitrogen and oxygen atoms in total. The third-order valence-corrected chi connectivity index (χ3v) is 7.45. The average molecular weight is 631 g/mol. The van der Waals surface area contributed by atoms with Crippen molar-refractivity contribution < 1.29 is 34.0 Å². The zero-order valence-corrected chi connectivity index (χ0v) is 27.0. The molecule has 0 N–H and O–H groups in total. The van der Waals surface area contributed by atoms with Gasteiger partial charge in [-0.3, -0.25) is 50.0 Å². The van der Waals surface area contributed by atoms with Gasteiger partial charge >= 0.3 is 11.9 Å². The molecule has 0 bridgehead atoms. The van der Waals surface area contributed by atoms with Crippen LogP contribution >= 0.6 is 0 Å². The van der Waals surface area contributed by atoms with Crippen LogP contribution in [0.5, 0.6) is 0 Å². The Kier molecular flexibility index (Phi) is 9.93. The highest BCUT2D eigenvalue weighted by atomic mass is 16.6. The topological polar surface area (TPSA) is 216 Å². The Hall–Kier alpha value is -4.82. The van der Waals surface area contributed by atoms with Crippen LogP contribution in [0.15, 0.2) is 24.3 Å². The van der Waals surface area contributed by atoms with Crippen LogP contribution in [0.1, 0.15) is 91.5 Å². The first kappa shape index (κ1) is 36.4. The predicted molar refractivity (Wildman–Crippen MR) is 163 cm³/mol. The Morgan fingerprint density at radius 3 is 0.933 bits per heavy atom. The van der Waals surface area contributed by atoms with E-state index in [9.17, 15) is 50.0 Å². The molecule has 0 amide bonds. The number of nitro groups is 4. The molecule has 0 aliphatic carbocycles. The van der Waals surface area contributed by atoms with Crippen molar-refractivity contribution in [2.24, 2.45) is 10.8 Å². The Morgan fingerprint density at radius 1 is 0.533 bits per heavy atom. The van der Waals surface area contributed by atoms with Crippen molar-refractivity contribution in [2.45, 2.75) is 92.9 Å². The fourth-order valence-corrected chi connectivity index (χ4v) is 4.55. The third-order valence-electron chi connectivity index (χ3n) is 7.45. The SMILES string of the molecule is CC(C)(Cc1c([N+](=O)[O-])cc(C(C)(C)C)cc1[N+](=O)[O-])C(=O)OC(=O)C(C)(C)Cc1c([N+](=O)[O-])cc(C(C)(C)C)cc1[N+](=O)[O-]. The van der Waals surface area contributed by atoms with Crippen LogP contribution in [0, 0.1) is 51.3 Å². The number of ether oxygens (including phenoxy) is 1. The number of carbonyl (C=O) groups excluding carboxylic acids is 2. The molecule has 0 aliphatic heterocycles. The summed E-state index contributed by atoms with van der Waals surface area (Å²) in [5.41, 5.74) is -7.02. The lowest BCUT2D eigenvalue weighted by atomic mass is 9.80. The van der Waals surface area contributed by atoms with Crippen molar-refractivity contribution in [3.05, 3.63) is 87.0 Å². The highest BCUT2D eigenvalue weighted by Gasteiger charge is 2.43. The van der Waals surface area contributed by atoms with E-state index in [1.807, 2.05) is 0 Å². The van der Waals surface area contributed by atoms with Gasteiger partial charge in [-0.15, -0.1) is 0 Å². The third kappa shape index (κ3) is 8.22. The lowest BCUT2D eigenvalue weighted by Gasteiger charge is -2.27. The summed E-state index contributed by atoms with van der Waals surface area (Å²) in [6.45, 7) is 15.5. The number of nitro benzene ring substituents is 4. The molecule has 2 rings (SSSR count). The molecule has 0 saturated heterocycles. The van der Waals surface area contributed by atoms with Crippen molar-refractivity contribution in [1.29, 1.82) is 0 Å².